The van der Waals surface area contributed by atoms with Crippen molar-refractivity contribution in [2.24, 2.45) is 5.92 Å². The maximum absolute atomic E-state index is 11.7. The number of aliphatic hydroxyl groups is 1. The van der Waals surface area contributed by atoms with Crippen LogP contribution in [0.15, 0.2) is 15.2 Å². The van der Waals surface area contributed by atoms with Crippen molar-refractivity contribution in [3.8, 4) is 0 Å². The Balaban J connectivity index is 2.43. The number of aliphatic hydroxyl groups excluding tert-OH is 1. The maximum Gasteiger partial charge on any atom is 0.252 e. The first-order valence-corrected chi connectivity index (χ1v) is 7.46. The highest BCUT2D eigenvalue weighted by Gasteiger charge is 2.16. The van der Waals surface area contributed by atoms with Crippen LogP contribution in [-0.4, -0.2) is 23.7 Å². The van der Waals surface area contributed by atoms with Crippen LogP contribution >= 0.6 is 27.3 Å². The van der Waals surface area contributed by atoms with Crippen LogP contribution in [0.3, 0.4) is 0 Å². The fourth-order valence-electron chi connectivity index (χ4n) is 1.73. The topological polar surface area (TPSA) is 49.3 Å². The van der Waals surface area contributed by atoms with E-state index in [2.05, 4.69) is 35.1 Å². The highest BCUT2D eigenvalue weighted by atomic mass is 79.9. The molecule has 1 unspecified atom stereocenters. The molecule has 0 aliphatic carbocycles. The monoisotopic (exact) mass is 319 g/mol. The molecule has 1 aromatic rings. The number of carbonyl (C=O) groups excluding carboxylic acids is 1. The Morgan fingerprint density at radius 3 is 2.65 bits per heavy atom. The highest BCUT2D eigenvalue weighted by Crippen LogP contribution is 2.20. The van der Waals surface area contributed by atoms with Crippen LogP contribution in [0, 0.1) is 5.92 Å². The Morgan fingerprint density at radius 1 is 1.53 bits per heavy atom. The summed E-state index contributed by atoms with van der Waals surface area (Å²) >= 11 is 4.79. The molecule has 0 bridgehead atoms. The summed E-state index contributed by atoms with van der Waals surface area (Å²) < 4.78 is 0.934. The van der Waals surface area contributed by atoms with Gasteiger partial charge in [-0.1, -0.05) is 26.7 Å². The first-order valence-electron chi connectivity index (χ1n) is 5.78. The number of amides is 1. The molecule has 1 rings (SSSR count). The van der Waals surface area contributed by atoms with E-state index in [4.69, 9.17) is 0 Å². The Morgan fingerprint density at radius 2 is 2.18 bits per heavy atom. The van der Waals surface area contributed by atoms with Gasteiger partial charge in [-0.2, -0.15) is 0 Å². The smallest absolute Gasteiger partial charge is 0.252 e. The van der Waals surface area contributed by atoms with Gasteiger partial charge in [-0.3, -0.25) is 4.79 Å². The van der Waals surface area contributed by atoms with Crippen molar-refractivity contribution in [2.45, 2.75) is 32.8 Å². The van der Waals surface area contributed by atoms with E-state index in [1.165, 1.54) is 11.3 Å². The van der Waals surface area contributed by atoms with E-state index >= 15 is 0 Å². The first-order chi connectivity index (χ1) is 8.08. The van der Waals surface area contributed by atoms with E-state index in [0.717, 1.165) is 16.6 Å². The van der Waals surface area contributed by atoms with E-state index in [1.807, 2.05) is 0 Å². The van der Waals surface area contributed by atoms with Crippen LogP contribution in [0.5, 0.6) is 0 Å². The number of rotatable bonds is 6. The zero-order valence-corrected chi connectivity index (χ0v) is 12.5. The largest absolute Gasteiger partial charge is 0.391 e. The fourth-order valence-corrected chi connectivity index (χ4v) is 2.86. The predicted molar refractivity (Wildman–Crippen MR) is 74.4 cm³/mol. The van der Waals surface area contributed by atoms with Crippen molar-refractivity contribution in [1.29, 1.82) is 0 Å². The molecular weight excluding hydrogens is 302 g/mol. The van der Waals surface area contributed by atoms with E-state index in [1.54, 1.807) is 11.4 Å². The molecule has 0 aromatic carbocycles. The molecule has 1 heterocycles. The minimum atomic E-state index is -0.462. The van der Waals surface area contributed by atoms with Crippen molar-refractivity contribution in [1.82, 2.24) is 5.32 Å². The Hall–Kier alpha value is -0.390. The average molecular weight is 320 g/mol. The quantitative estimate of drug-likeness (QED) is 0.846. The average Bonchev–Trinajstić information content (AvgIpc) is 2.74. The van der Waals surface area contributed by atoms with Gasteiger partial charge < -0.3 is 10.4 Å². The van der Waals surface area contributed by atoms with E-state index < -0.39 is 6.10 Å². The molecule has 1 amide bonds. The van der Waals surface area contributed by atoms with Gasteiger partial charge >= 0.3 is 0 Å². The third-order valence-corrected chi connectivity index (χ3v) is 4.40. The lowest BCUT2D eigenvalue weighted by Gasteiger charge is -2.20. The zero-order chi connectivity index (χ0) is 12.8. The maximum atomic E-state index is 11.7. The molecule has 0 aliphatic heterocycles. The van der Waals surface area contributed by atoms with Crippen molar-refractivity contribution >= 4 is 33.2 Å². The Labute approximate surface area is 114 Å². The molecule has 5 heteroatoms. The van der Waals surface area contributed by atoms with Crippen LogP contribution in [0.25, 0.3) is 0 Å². The van der Waals surface area contributed by atoms with Gasteiger partial charge in [-0.05, 0) is 27.9 Å². The van der Waals surface area contributed by atoms with E-state index in [9.17, 15) is 9.90 Å². The number of nitrogens with one attached hydrogen (secondary N) is 1. The fraction of sp³-hybridized carbons (Fsp3) is 0.583. The lowest BCUT2D eigenvalue weighted by Crippen LogP contribution is -2.35. The summed E-state index contributed by atoms with van der Waals surface area (Å²) in [4.78, 5) is 11.7. The molecule has 17 heavy (non-hydrogen) atoms. The van der Waals surface area contributed by atoms with Crippen molar-refractivity contribution in [3.63, 3.8) is 0 Å². The molecule has 0 fully saturated rings. The van der Waals surface area contributed by atoms with Crippen LogP contribution < -0.4 is 5.32 Å². The van der Waals surface area contributed by atoms with E-state index in [-0.39, 0.29) is 11.8 Å². The third-order valence-electron chi connectivity index (χ3n) is 2.89. The molecule has 0 saturated carbocycles. The van der Waals surface area contributed by atoms with Crippen molar-refractivity contribution in [2.75, 3.05) is 6.54 Å². The van der Waals surface area contributed by atoms with Gasteiger partial charge in [-0.15, -0.1) is 11.3 Å². The minimum Gasteiger partial charge on any atom is -0.391 e. The standard InChI is InChI=1S/C12H18BrNO2S/c1-3-8(4-2)10(15)6-14-12(16)9-5-11(13)17-7-9/h5,7-8,10,15H,3-4,6H2,1-2H3,(H,14,16). The molecule has 2 N–H and O–H groups in total. The number of carbonyl (C=O) groups is 1. The SMILES string of the molecule is CCC(CC)C(O)CNC(=O)c1csc(Br)c1. The second-order valence-corrected chi connectivity index (χ2v) is 6.28. The second kappa shape index (κ2) is 7.13. The molecular formula is C12H18BrNO2S. The van der Waals surface area contributed by atoms with Gasteiger partial charge in [0.25, 0.3) is 5.91 Å². The molecule has 0 spiro atoms. The lowest BCUT2D eigenvalue weighted by molar-refractivity contribution is 0.0817. The second-order valence-electron chi connectivity index (χ2n) is 3.99. The van der Waals surface area contributed by atoms with Crippen LogP contribution in [0.2, 0.25) is 0 Å². The summed E-state index contributed by atoms with van der Waals surface area (Å²) in [6.45, 7) is 4.42. The van der Waals surface area contributed by atoms with Crippen LogP contribution in [0.1, 0.15) is 37.0 Å². The van der Waals surface area contributed by atoms with Gasteiger partial charge in [0.1, 0.15) is 0 Å². The summed E-state index contributed by atoms with van der Waals surface area (Å²) in [6, 6.07) is 1.78. The highest BCUT2D eigenvalue weighted by molar-refractivity contribution is 9.11. The Kier molecular flexibility index (Phi) is 6.16. The molecule has 1 aromatic heterocycles. The predicted octanol–water partition coefficient (Wildman–Crippen LogP) is 3.04. The summed E-state index contributed by atoms with van der Waals surface area (Å²) in [6.07, 6.45) is 1.39. The van der Waals surface area contributed by atoms with Gasteiger partial charge in [0.15, 0.2) is 0 Å². The van der Waals surface area contributed by atoms with Gasteiger partial charge in [0.05, 0.1) is 15.5 Å². The van der Waals surface area contributed by atoms with Gasteiger partial charge in [-0.25, -0.2) is 0 Å². The third kappa shape index (κ3) is 4.41. The summed E-state index contributed by atoms with van der Waals surface area (Å²) in [5.41, 5.74) is 0.638. The zero-order valence-electron chi connectivity index (χ0n) is 10.1. The van der Waals surface area contributed by atoms with Crippen molar-refractivity contribution < 1.29 is 9.90 Å². The first kappa shape index (κ1) is 14.7. The normalized spacial score (nSPS) is 12.8. The van der Waals surface area contributed by atoms with E-state index in [0.29, 0.717) is 12.1 Å². The minimum absolute atomic E-state index is 0.128. The van der Waals surface area contributed by atoms with Crippen LogP contribution in [0.4, 0.5) is 0 Å². The number of halogens is 1. The Bertz CT molecular complexity index is 363. The number of hydrogen-bond donors (Lipinski definition) is 2. The summed E-state index contributed by atoms with van der Waals surface area (Å²) in [5, 5.41) is 14.4. The molecule has 0 radical (unpaired) electrons. The summed E-state index contributed by atoms with van der Waals surface area (Å²) in [5.74, 6) is 0.126. The number of hydrogen-bond acceptors (Lipinski definition) is 3. The van der Waals surface area contributed by atoms with Gasteiger partial charge in [0, 0.05) is 11.9 Å². The number of thiophene rings is 1. The molecule has 3 nitrogen and oxygen atoms in total. The van der Waals surface area contributed by atoms with Crippen LogP contribution in [-0.2, 0) is 0 Å². The summed E-state index contributed by atoms with van der Waals surface area (Å²) in [7, 11) is 0. The molecule has 0 aliphatic rings. The van der Waals surface area contributed by atoms with Crippen molar-refractivity contribution in [3.05, 3.63) is 20.8 Å². The van der Waals surface area contributed by atoms with Gasteiger partial charge in [0.2, 0.25) is 0 Å². The lowest BCUT2D eigenvalue weighted by atomic mass is 9.96. The molecule has 0 saturated heterocycles. The molecule has 96 valence electrons. The molecule has 1 atom stereocenters.